The van der Waals surface area contributed by atoms with Gasteiger partial charge in [0.05, 0.1) is 12.0 Å². The SMILES string of the molecule is CCN(CC(=O)OC)C(=O)c1cccc([N+](=O)[O-])c1C. The van der Waals surface area contributed by atoms with Gasteiger partial charge in [0.15, 0.2) is 0 Å². The van der Waals surface area contributed by atoms with Crippen molar-refractivity contribution >= 4 is 17.6 Å². The maximum Gasteiger partial charge on any atom is 0.325 e. The second kappa shape index (κ2) is 6.65. The summed E-state index contributed by atoms with van der Waals surface area (Å²) >= 11 is 0. The summed E-state index contributed by atoms with van der Waals surface area (Å²) in [5.41, 5.74) is 0.376. The van der Waals surface area contributed by atoms with E-state index in [2.05, 4.69) is 4.74 Å². The zero-order valence-corrected chi connectivity index (χ0v) is 11.6. The van der Waals surface area contributed by atoms with Crippen LogP contribution in [0.4, 0.5) is 5.69 Å². The fourth-order valence-electron chi connectivity index (χ4n) is 1.77. The van der Waals surface area contributed by atoms with Crippen molar-refractivity contribution in [2.75, 3.05) is 20.2 Å². The maximum atomic E-state index is 12.3. The standard InChI is InChI=1S/C13H16N2O5/c1-4-14(8-12(16)20-3)13(17)10-6-5-7-11(9(10)2)15(18)19/h5-7H,4,8H2,1-3H3. The summed E-state index contributed by atoms with van der Waals surface area (Å²) in [6.45, 7) is 3.34. The molecule has 0 heterocycles. The number of rotatable bonds is 5. The van der Waals surface area contributed by atoms with Crippen LogP contribution in [0.1, 0.15) is 22.8 Å². The Kier molecular flexibility index (Phi) is 5.19. The molecule has 1 aromatic carbocycles. The van der Waals surface area contributed by atoms with Crippen LogP contribution >= 0.6 is 0 Å². The molecule has 0 unspecified atom stereocenters. The molecule has 1 amide bonds. The van der Waals surface area contributed by atoms with Gasteiger partial charge in [-0.2, -0.15) is 0 Å². The van der Waals surface area contributed by atoms with Crippen LogP contribution in [-0.2, 0) is 9.53 Å². The maximum absolute atomic E-state index is 12.3. The number of ether oxygens (including phenoxy) is 1. The lowest BCUT2D eigenvalue weighted by atomic mass is 10.1. The molecular weight excluding hydrogens is 264 g/mol. The topological polar surface area (TPSA) is 89.8 Å². The molecule has 0 bridgehead atoms. The van der Waals surface area contributed by atoms with Gasteiger partial charge in [0.25, 0.3) is 11.6 Å². The predicted molar refractivity (Wildman–Crippen MR) is 71.4 cm³/mol. The van der Waals surface area contributed by atoms with Gasteiger partial charge in [0, 0.05) is 23.7 Å². The van der Waals surface area contributed by atoms with E-state index in [1.807, 2.05) is 0 Å². The molecule has 108 valence electrons. The highest BCUT2D eigenvalue weighted by molar-refractivity contribution is 5.98. The molecule has 20 heavy (non-hydrogen) atoms. The number of benzene rings is 1. The first-order chi connectivity index (χ1) is 9.42. The van der Waals surface area contributed by atoms with Gasteiger partial charge < -0.3 is 9.64 Å². The van der Waals surface area contributed by atoms with E-state index in [-0.39, 0.29) is 23.4 Å². The smallest absolute Gasteiger partial charge is 0.325 e. The number of hydrogen-bond donors (Lipinski definition) is 0. The monoisotopic (exact) mass is 280 g/mol. The number of carbonyl (C=O) groups is 2. The van der Waals surface area contributed by atoms with Gasteiger partial charge in [-0.15, -0.1) is 0 Å². The molecule has 0 radical (unpaired) electrons. The minimum Gasteiger partial charge on any atom is -0.468 e. The molecule has 0 saturated heterocycles. The first-order valence-electron chi connectivity index (χ1n) is 6.02. The number of nitro benzene ring substituents is 1. The fourth-order valence-corrected chi connectivity index (χ4v) is 1.77. The minimum atomic E-state index is -0.539. The second-order valence-electron chi connectivity index (χ2n) is 4.10. The molecule has 0 N–H and O–H groups in total. The number of amides is 1. The predicted octanol–water partition coefficient (Wildman–Crippen LogP) is 1.54. The molecule has 0 saturated carbocycles. The minimum absolute atomic E-state index is 0.120. The van der Waals surface area contributed by atoms with E-state index in [0.29, 0.717) is 6.54 Å². The number of esters is 1. The first-order valence-corrected chi connectivity index (χ1v) is 6.02. The fraction of sp³-hybridized carbons (Fsp3) is 0.385. The van der Waals surface area contributed by atoms with Crippen molar-refractivity contribution in [2.45, 2.75) is 13.8 Å². The van der Waals surface area contributed by atoms with Crippen molar-refractivity contribution in [1.82, 2.24) is 4.90 Å². The van der Waals surface area contributed by atoms with Crippen LogP contribution in [0.2, 0.25) is 0 Å². The highest BCUT2D eigenvalue weighted by Gasteiger charge is 2.23. The lowest BCUT2D eigenvalue weighted by molar-refractivity contribution is -0.385. The van der Waals surface area contributed by atoms with Gasteiger partial charge in [-0.05, 0) is 19.9 Å². The van der Waals surface area contributed by atoms with E-state index in [9.17, 15) is 19.7 Å². The molecular formula is C13H16N2O5. The van der Waals surface area contributed by atoms with Gasteiger partial charge in [0.1, 0.15) is 6.54 Å². The lowest BCUT2D eigenvalue weighted by Crippen LogP contribution is -2.36. The zero-order chi connectivity index (χ0) is 15.3. The molecule has 7 nitrogen and oxygen atoms in total. The van der Waals surface area contributed by atoms with Crippen LogP contribution < -0.4 is 0 Å². The Hall–Kier alpha value is -2.44. The van der Waals surface area contributed by atoms with Crippen molar-refractivity contribution in [3.8, 4) is 0 Å². The third-order valence-corrected chi connectivity index (χ3v) is 2.95. The Morgan fingerprint density at radius 1 is 1.40 bits per heavy atom. The van der Waals surface area contributed by atoms with Crippen LogP contribution in [0, 0.1) is 17.0 Å². The number of methoxy groups -OCH3 is 1. The van der Waals surface area contributed by atoms with E-state index < -0.39 is 16.8 Å². The summed E-state index contributed by atoms with van der Waals surface area (Å²) in [7, 11) is 1.24. The van der Waals surface area contributed by atoms with Crippen LogP contribution in [0.3, 0.4) is 0 Å². The van der Waals surface area contributed by atoms with E-state index in [1.54, 1.807) is 6.92 Å². The molecule has 0 aromatic heterocycles. The van der Waals surface area contributed by atoms with Gasteiger partial charge >= 0.3 is 5.97 Å². The van der Waals surface area contributed by atoms with Crippen LogP contribution in [0.25, 0.3) is 0 Å². The summed E-state index contributed by atoms with van der Waals surface area (Å²) < 4.78 is 4.52. The molecule has 1 rings (SSSR count). The number of hydrogen-bond acceptors (Lipinski definition) is 5. The Bertz CT molecular complexity index is 542. The molecule has 0 spiro atoms. The number of likely N-dealkylation sites (N-methyl/N-ethyl adjacent to an activating group) is 1. The van der Waals surface area contributed by atoms with E-state index in [0.717, 1.165) is 0 Å². The summed E-state index contributed by atoms with van der Waals surface area (Å²) in [6, 6.07) is 4.29. The molecule has 0 atom stereocenters. The summed E-state index contributed by atoms with van der Waals surface area (Å²) in [5.74, 6) is -0.970. The highest BCUT2D eigenvalue weighted by atomic mass is 16.6. The number of nitrogens with zero attached hydrogens (tertiary/aromatic N) is 2. The van der Waals surface area contributed by atoms with Crippen molar-refractivity contribution < 1.29 is 19.2 Å². The molecule has 0 fully saturated rings. The Labute approximate surface area is 116 Å². The van der Waals surface area contributed by atoms with Gasteiger partial charge in [0.2, 0.25) is 0 Å². The lowest BCUT2D eigenvalue weighted by Gasteiger charge is -2.20. The zero-order valence-electron chi connectivity index (χ0n) is 11.6. The average Bonchev–Trinajstić information content (AvgIpc) is 2.43. The molecule has 1 aromatic rings. The number of carbonyl (C=O) groups excluding carboxylic acids is 2. The Morgan fingerprint density at radius 3 is 2.55 bits per heavy atom. The van der Waals surface area contributed by atoms with Gasteiger partial charge in [-0.25, -0.2) is 0 Å². The highest BCUT2D eigenvalue weighted by Crippen LogP contribution is 2.22. The van der Waals surface area contributed by atoms with Crippen molar-refractivity contribution in [3.63, 3.8) is 0 Å². The van der Waals surface area contributed by atoms with E-state index >= 15 is 0 Å². The normalized spacial score (nSPS) is 9.95. The summed E-state index contributed by atoms with van der Waals surface area (Å²) in [4.78, 5) is 35.2. The third-order valence-electron chi connectivity index (χ3n) is 2.95. The summed E-state index contributed by atoms with van der Waals surface area (Å²) in [6.07, 6.45) is 0. The van der Waals surface area contributed by atoms with Gasteiger partial charge in [-0.3, -0.25) is 19.7 Å². The van der Waals surface area contributed by atoms with Crippen molar-refractivity contribution in [2.24, 2.45) is 0 Å². The molecule has 0 aliphatic rings. The van der Waals surface area contributed by atoms with Crippen LogP contribution in [0.15, 0.2) is 18.2 Å². The molecule has 7 heteroatoms. The molecule has 0 aliphatic carbocycles. The van der Waals surface area contributed by atoms with Crippen molar-refractivity contribution in [1.29, 1.82) is 0 Å². The summed E-state index contributed by atoms with van der Waals surface area (Å²) in [5, 5.41) is 10.9. The van der Waals surface area contributed by atoms with E-state index in [4.69, 9.17) is 0 Å². The van der Waals surface area contributed by atoms with Crippen molar-refractivity contribution in [3.05, 3.63) is 39.4 Å². The Balaban J connectivity index is 3.10. The quantitative estimate of drug-likeness (QED) is 0.463. The van der Waals surface area contributed by atoms with E-state index in [1.165, 1.54) is 37.1 Å². The third kappa shape index (κ3) is 3.31. The average molecular weight is 280 g/mol. The van der Waals surface area contributed by atoms with Crippen LogP contribution in [0.5, 0.6) is 0 Å². The number of nitro groups is 1. The first kappa shape index (κ1) is 15.6. The Morgan fingerprint density at radius 2 is 2.05 bits per heavy atom. The largest absolute Gasteiger partial charge is 0.468 e. The molecule has 0 aliphatic heterocycles. The van der Waals surface area contributed by atoms with Crippen LogP contribution in [-0.4, -0.2) is 41.9 Å². The van der Waals surface area contributed by atoms with Gasteiger partial charge in [-0.1, -0.05) is 6.07 Å². The second-order valence-corrected chi connectivity index (χ2v) is 4.10.